The Morgan fingerprint density at radius 2 is 0.926 bits per heavy atom. The quantitative estimate of drug-likeness (QED) is 0.170. The smallest absolute Gasteiger partial charge is 0.169 e. The average Bonchev–Trinajstić information content (AvgIpc) is 2.70. The van der Waals surface area contributed by atoms with E-state index in [1.54, 1.807) is 0 Å². The third-order valence-electron chi connectivity index (χ3n) is 5.80. The van der Waals surface area contributed by atoms with E-state index in [2.05, 4.69) is 42.9 Å². The summed E-state index contributed by atoms with van der Waals surface area (Å²) in [4.78, 5) is 0. The second kappa shape index (κ2) is 18.5. The van der Waals surface area contributed by atoms with Gasteiger partial charge >= 0.3 is 0 Å². The standard InChI is InChI=1S/C26H48N/c1-3-5-7-9-11-13-14-16-18-20-26-21-24-27(25-22-26)23-19-17-15-12-10-8-6-4-2/h21-22,24-25H,3-20,23H2,1-2H3/q+1. The van der Waals surface area contributed by atoms with Crippen LogP contribution in [0.3, 0.4) is 0 Å². The molecular formula is C26H48N+. The Bertz CT molecular complexity index is 409. The number of pyridine rings is 1. The highest BCUT2D eigenvalue weighted by Crippen LogP contribution is 2.12. The van der Waals surface area contributed by atoms with Crippen molar-refractivity contribution in [2.45, 2.75) is 136 Å². The highest BCUT2D eigenvalue weighted by Gasteiger charge is 2.01. The SMILES string of the molecule is CCCCCCCCCCCc1cc[n+](CCCCCCCCCC)cc1. The molecule has 0 spiro atoms. The van der Waals surface area contributed by atoms with Gasteiger partial charge in [0.2, 0.25) is 0 Å². The van der Waals surface area contributed by atoms with Gasteiger partial charge in [0.15, 0.2) is 12.4 Å². The van der Waals surface area contributed by atoms with E-state index in [0.29, 0.717) is 0 Å². The van der Waals surface area contributed by atoms with Crippen LogP contribution in [-0.4, -0.2) is 0 Å². The van der Waals surface area contributed by atoms with Crippen molar-refractivity contribution in [2.24, 2.45) is 0 Å². The Morgan fingerprint density at radius 3 is 1.41 bits per heavy atom. The van der Waals surface area contributed by atoms with Crippen LogP contribution in [0.4, 0.5) is 0 Å². The van der Waals surface area contributed by atoms with Crippen molar-refractivity contribution >= 4 is 0 Å². The van der Waals surface area contributed by atoms with E-state index in [9.17, 15) is 0 Å². The van der Waals surface area contributed by atoms with Crippen LogP contribution >= 0.6 is 0 Å². The van der Waals surface area contributed by atoms with Gasteiger partial charge in [-0.2, -0.15) is 0 Å². The Hall–Kier alpha value is -0.850. The van der Waals surface area contributed by atoms with E-state index < -0.39 is 0 Å². The maximum atomic E-state index is 2.37. The van der Waals surface area contributed by atoms with E-state index in [1.165, 1.54) is 128 Å². The monoisotopic (exact) mass is 374 g/mol. The first-order chi connectivity index (χ1) is 13.4. The van der Waals surface area contributed by atoms with Gasteiger partial charge in [-0.1, -0.05) is 104 Å². The zero-order valence-electron chi connectivity index (χ0n) is 18.7. The number of unbranched alkanes of at least 4 members (excludes halogenated alkanes) is 15. The minimum Gasteiger partial charge on any atom is -0.205 e. The van der Waals surface area contributed by atoms with Gasteiger partial charge in [0.05, 0.1) is 0 Å². The van der Waals surface area contributed by atoms with E-state index in [4.69, 9.17) is 0 Å². The molecule has 0 amide bonds. The van der Waals surface area contributed by atoms with Gasteiger partial charge in [-0.05, 0) is 24.8 Å². The maximum Gasteiger partial charge on any atom is 0.169 e. The first-order valence-electron chi connectivity index (χ1n) is 12.3. The van der Waals surface area contributed by atoms with Crippen LogP contribution in [0.15, 0.2) is 24.5 Å². The zero-order valence-corrected chi connectivity index (χ0v) is 18.7. The van der Waals surface area contributed by atoms with Gasteiger partial charge in [-0.3, -0.25) is 0 Å². The predicted octanol–water partition coefficient (Wildman–Crippen LogP) is 8.19. The minimum atomic E-state index is 1.19. The molecule has 0 saturated carbocycles. The summed E-state index contributed by atoms with van der Waals surface area (Å²) < 4.78 is 2.37. The third kappa shape index (κ3) is 14.8. The summed E-state index contributed by atoms with van der Waals surface area (Å²) in [6, 6.07) is 4.69. The lowest BCUT2D eigenvalue weighted by Crippen LogP contribution is -2.32. The second-order valence-corrected chi connectivity index (χ2v) is 8.50. The molecule has 0 bridgehead atoms. The van der Waals surface area contributed by atoms with Crippen LogP contribution in [0, 0.1) is 0 Å². The molecule has 1 rings (SSSR count). The first kappa shape index (κ1) is 24.2. The molecule has 0 unspecified atom stereocenters. The van der Waals surface area contributed by atoms with Crippen LogP contribution in [0.25, 0.3) is 0 Å². The molecule has 0 radical (unpaired) electrons. The van der Waals surface area contributed by atoms with Crippen molar-refractivity contribution in [1.82, 2.24) is 0 Å². The number of aromatic nitrogens is 1. The van der Waals surface area contributed by atoms with Crippen LogP contribution in [0.5, 0.6) is 0 Å². The van der Waals surface area contributed by atoms with Gasteiger partial charge in [-0.15, -0.1) is 0 Å². The van der Waals surface area contributed by atoms with Crippen molar-refractivity contribution < 1.29 is 4.57 Å². The number of aryl methyl sites for hydroxylation is 2. The molecule has 0 saturated heterocycles. The van der Waals surface area contributed by atoms with Crippen molar-refractivity contribution in [2.75, 3.05) is 0 Å². The molecule has 0 N–H and O–H groups in total. The average molecular weight is 375 g/mol. The molecule has 1 aromatic rings. The van der Waals surface area contributed by atoms with Crippen LogP contribution < -0.4 is 4.57 Å². The number of hydrogen-bond acceptors (Lipinski definition) is 0. The summed E-state index contributed by atoms with van der Waals surface area (Å²) in [5.74, 6) is 0. The maximum absolute atomic E-state index is 2.37. The van der Waals surface area contributed by atoms with Gasteiger partial charge < -0.3 is 0 Å². The molecule has 1 aromatic heterocycles. The topological polar surface area (TPSA) is 3.88 Å². The van der Waals surface area contributed by atoms with Gasteiger partial charge in [0.25, 0.3) is 0 Å². The second-order valence-electron chi connectivity index (χ2n) is 8.50. The molecule has 1 heterocycles. The molecule has 0 aliphatic rings. The molecule has 1 nitrogen and oxygen atoms in total. The van der Waals surface area contributed by atoms with Gasteiger partial charge in [0, 0.05) is 18.6 Å². The van der Waals surface area contributed by atoms with Crippen molar-refractivity contribution in [3.8, 4) is 0 Å². The van der Waals surface area contributed by atoms with Crippen molar-refractivity contribution in [1.29, 1.82) is 0 Å². The minimum absolute atomic E-state index is 1.19. The summed E-state index contributed by atoms with van der Waals surface area (Å²) in [5.41, 5.74) is 1.52. The number of rotatable bonds is 19. The van der Waals surface area contributed by atoms with E-state index in [1.807, 2.05) is 0 Å². The lowest BCUT2D eigenvalue weighted by atomic mass is 10.0. The summed E-state index contributed by atoms with van der Waals surface area (Å²) in [5, 5.41) is 0. The number of nitrogens with zero attached hydrogens (tertiary/aromatic N) is 1. The van der Waals surface area contributed by atoms with E-state index >= 15 is 0 Å². The molecule has 27 heavy (non-hydrogen) atoms. The van der Waals surface area contributed by atoms with Crippen LogP contribution in [-0.2, 0) is 13.0 Å². The fourth-order valence-electron chi connectivity index (χ4n) is 3.87. The van der Waals surface area contributed by atoms with Crippen molar-refractivity contribution in [3.63, 3.8) is 0 Å². The molecule has 0 aliphatic carbocycles. The van der Waals surface area contributed by atoms with Gasteiger partial charge in [0.1, 0.15) is 6.54 Å². The third-order valence-corrected chi connectivity index (χ3v) is 5.80. The fourth-order valence-corrected chi connectivity index (χ4v) is 3.87. The largest absolute Gasteiger partial charge is 0.205 e. The van der Waals surface area contributed by atoms with E-state index in [-0.39, 0.29) is 0 Å². The Kier molecular flexibility index (Phi) is 16.6. The summed E-state index contributed by atoms with van der Waals surface area (Å²) in [6.07, 6.45) is 29.8. The normalized spacial score (nSPS) is 11.2. The Labute approximate surface area is 171 Å². The highest BCUT2D eigenvalue weighted by molar-refractivity contribution is 5.07. The molecule has 1 heteroatoms. The molecule has 0 aromatic carbocycles. The summed E-state index contributed by atoms with van der Waals surface area (Å²) in [7, 11) is 0. The van der Waals surface area contributed by atoms with Crippen LogP contribution in [0.1, 0.15) is 129 Å². The molecular weight excluding hydrogens is 326 g/mol. The number of hydrogen-bond donors (Lipinski definition) is 0. The summed E-state index contributed by atoms with van der Waals surface area (Å²) >= 11 is 0. The molecule has 156 valence electrons. The fraction of sp³-hybridized carbons (Fsp3) is 0.808. The summed E-state index contributed by atoms with van der Waals surface area (Å²) in [6.45, 7) is 5.77. The lowest BCUT2D eigenvalue weighted by Gasteiger charge is -2.03. The highest BCUT2D eigenvalue weighted by atomic mass is 14.9. The van der Waals surface area contributed by atoms with E-state index in [0.717, 1.165) is 0 Å². The Morgan fingerprint density at radius 1 is 0.519 bits per heavy atom. The van der Waals surface area contributed by atoms with Crippen LogP contribution in [0.2, 0.25) is 0 Å². The van der Waals surface area contributed by atoms with Gasteiger partial charge in [-0.25, -0.2) is 4.57 Å². The first-order valence-corrected chi connectivity index (χ1v) is 12.3. The molecule has 0 aliphatic heterocycles. The molecule has 0 fully saturated rings. The lowest BCUT2D eigenvalue weighted by molar-refractivity contribution is -0.697. The zero-order chi connectivity index (χ0) is 19.4. The Balaban J connectivity index is 1.96. The predicted molar refractivity (Wildman–Crippen MR) is 120 cm³/mol. The van der Waals surface area contributed by atoms with Crippen molar-refractivity contribution in [3.05, 3.63) is 30.1 Å². The molecule has 0 atom stereocenters.